The van der Waals surface area contributed by atoms with E-state index < -0.39 is 0 Å². The quantitative estimate of drug-likeness (QED) is 0.153. The fourth-order valence-electron chi connectivity index (χ4n) is 6.73. The number of aromatic nitrogens is 4. The molecule has 1 amide bonds. The Morgan fingerprint density at radius 2 is 1.34 bits per heavy atom. The van der Waals surface area contributed by atoms with Gasteiger partial charge in [-0.2, -0.15) is 0 Å². The van der Waals surface area contributed by atoms with Crippen molar-refractivity contribution in [3.8, 4) is 0 Å². The number of amides is 1. The number of piperidine rings is 1. The van der Waals surface area contributed by atoms with Crippen LogP contribution in [0.15, 0.2) is 33.1 Å². The van der Waals surface area contributed by atoms with Crippen LogP contribution in [0, 0.1) is 27.1 Å². The van der Waals surface area contributed by atoms with Gasteiger partial charge in [-0.3, -0.25) is 29.2 Å². The van der Waals surface area contributed by atoms with Gasteiger partial charge in [-0.25, -0.2) is 9.97 Å². The molecule has 0 unspecified atom stereocenters. The maximum Gasteiger partial charge on any atom is 0.220 e. The monoisotopic (exact) mass is 952 g/mol. The summed E-state index contributed by atoms with van der Waals surface area (Å²) in [5.41, 5.74) is 8.53. The molecule has 2 aromatic heterocycles. The Labute approximate surface area is 386 Å². The molecule has 0 atom stereocenters. The van der Waals surface area contributed by atoms with Crippen LogP contribution in [0.2, 0.25) is 0 Å². The van der Waals surface area contributed by atoms with E-state index in [2.05, 4.69) is 115 Å². The summed E-state index contributed by atoms with van der Waals surface area (Å²) in [5, 5.41) is 10.7. The van der Waals surface area contributed by atoms with Crippen LogP contribution < -0.4 is 11.1 Å². The predicted octanol–water partition coefficient (Wildman–Crippen LogP) is 9.31. The molecule has 7 heterocycles. The van der Waals surface area contributed by atoms with Crippen LogP contribution >= 0.6 is 28.3 Å². The second-order valence-electron chi connectivity index (χ2n) is 20.1. The highest BCUT2D eigenvalue weighted by Gasteiger charge is 2.28. The molecule has 14 nitrogen and oxygen atoms in total. The Morgan fingerprint density at radius 3 is 1.76 bits per heavy atom. The molecule has 0 spiro atoms. The Bertz CT molecular complexity index is 1810. The largest absolute Gasteiger partial charge is 0.514 e. The third-order valence-corrected chi connectivity index (χ3v) is 11.4. The highest BCUT2D eigenvalue weighted by Crippen LogP contribution is 2.32. The number of ether oxygens (including phenoxy) is 1. The molecule has 2 aromatic rings. The molecule has 0 saturated carbocycles. The maximum absolute atomic E-state index is 10.7. The number of halogens is 2. The standard InChI is InChI=1S/2C10H14N2O.C8H15NO.C7H14N2.C7H13NO.C3H3BrO2.CH4.ClH/c1-10(2)4-3-9-11-8(6-13)5-12(9)7-10;1-10(2)4-3-9-11-5-8(6-13)12(9)7-10;1-8(2)5-4-7(10-3)9-6-8;1-7(2)4-3-6(8)9-5-7;1-7(2)4-3-6(9)8-5-7;4-3(1-5)2-6;;/h2*5-6H,3-4,7H2,1-2H3;4-6H2,1-3H3;3-5H2,1-2H3,(H2,8,9);3-5H2,1-2H3,(H,8,9);1-2,5H;1H4;1H/b;;;;;3-1+;;. The number of fused-ring (bicyclic) bond motifs is 2. The highest BCUT2D eigenvalue weighted by molar-refractivity contribution is 9.12. The van der Waals surface area contributed by atoms with E-state index in [4.69, 9.17) is 15.6 Å². The molecule has 0 aliphatic carbocycles. The zero-order valence-corrected chi connectivity index (χ0v) is 41.0. The van der Waals surface area contributed by atoms with Crippen LogP contribution in [0.1, 0.15) is 161 Å². The molecular formula is C46H78BrClN8O6. The normalized spacial score (nSPS) is 20.5. The molecule has 0 aromatic carbocycles. The van der Waals surface area contributed by atoms with Gasteiger partial charge >= 0.3 is 0 Å². The number of amidine groups is 1. The van der Waals surface area contributed by atoms with E-state index >= 15 is 0 Å². The van der Waals surface area contributed by atoms with E-state index in [9.17, 15) is 19.2 Å². The van der Waals surface area contributed by atoms with Gasteiger partial charge < -0.3 is 30.0 Å². The minimum atomic E-state index is 0. The Balaban J connectivity index is 0.000000728. The average molecular weight is 955 g/mol. The number of rotatable bonds is 3. The zero-order valence-electron chi connectivity index (χ0n) is 38.6. The third-order valence-electron chi connectivity index (χ3n) is 11.1. The summed E-state index contributed by atoms with van der Waals surface area (Å²) in [5.74, 6) is 4.06. The molecule has 352 valence electrons. The van der Waals surface area contributed by atoms with Crippen molar-refractivity contribution in [2.24, 2.45) is 42.8 Å². The van der Waals surface area contributed by atoms with Crippen LogP contribution in [-0.4, -0.2) is 87.5 Å². The van der Waals surface area contributed by atoms with Gasteiger partial charge in [0.25, 0.3) is 0 Å². The van der Waals surface area contributed by atoms with Gasteiger partial charge in [0, 0.05) is 71.0 Å². The first-order valence-corrected chi connectivity index (χ1v) is 21.8. The van der Waals surface area contributed by atoms with Crippen molar-refractivity contribution in [3.63, 3.8) is 0 Å². The van der Waals surface area contributed by atoms with Crippen molar-refractivity contribution < 1.29 is 29.0 Å². The molecule has 0 bridgehead atoms. The number of carbonyl (C=O) groups excluding carboxylic acids is 4. The summed E-state index contributed by atoms with van der Waals surface area (Å²) < 4.78 is 9.33. The number of aliphatic hydroxyl groups excluding tert-OH is 1. The number of allylic oxidation sites excluding steroid dienone is 1. The Morgan fingerprint density at radius 1 is 0.790 bits per heavy atom. The number of methoxy groups -OCH3 is 1. The summed E-state index contributed by atoms with van der Waals surface area (Å²) in [6.45, 7) is 26.8. The number of aliphatic hydroxyl groups is 1. The van der Waals surface area contributed by atoms with Crippen LogP contribution in [0.4, 0.5) is 0 Å². The first-order chi connectivity index (χ1) is 27.9. The van der Waals surface area contributed by atoms with Gasteiger partial charge in [-0.15, -0.1) is 12.4 Å². The number of nitrogens with zero attached hydrogens (tertiary/aromatic N) is 6. The van der Waals surface area contributed by atoms with Gasteiger partial charge in [-0.1, -0.05) is 76.7 Å². The minimum Gasteiger partial charge on any atom is -0.514 e. The van der Waals surface area contributed by atoms with Crippen molar-refractivity contribution in [3.05, 3.63) is 46.2 Å². The van der Waals surface area contributed by atoms with Crippen LogP contribution in [0.3, 0.4) is 0 Å². The zero-order chi connectivity index (χ0) is 45.4. The number of aldehydes is 3. The molecular weight excluding hydrogens is 876 g/mol. The number of imidazole rings is 2. The van der Waals surface area contributed by atoms with Crippen molar-refractivity contribution in [2.45, 2.75) is 154 Å². The Hall–Kier alpha value is -3.85. The summed E-state index contributed by atoms with van der Waals surface area (Å²) >= 11 is 2.72. The van der Waals surface area contributed by atoms with E-state index in [-0.39, 0.29) is 30.2 Å². The Kier molecular flexibility index (Phi) is 24.4. The molecule has 4 N–H and O–H groups in total. The summed E-state index contributed by atoms with van der Waals surface area (Å²) in [6.07, 6.45) is 16.8. The topological polar surface area (TPSA) is 196 Å². The molecule has 16 heteroatoms. The van der Waals surface area contributed by atoms with Gasteiger partial charge in [0.15, 0.2) is 24.8 Å². The first kappa shape index (κ1) is 58.1. The molecule has 1 saturated heterocycles. The maximum atomic E-state index is 10.7. The first-order valence-electron chi connectivity index (χ1n) is 21.0. The van der Waals surface area contributed by atoms with Gasteiger partial charge in [0.05, 0.1) is 29.9 Å². The van der Waals surface area contributed by atoms with Crippen molar-refractivity contribution in [1.82, 2.24) is 24.4 Å². The fraction of sp³-hybridized carbons (Fsp3) is 0.696. The van der Waals surface area contributed by atoms with E-state index in [0.717, 1.165) is 114 Å². The third kappa shape index (κ3) is 21.5. The number of aliphatic imine (C=N–C) groups is 2. The van der Waals surface area contributed by atoms with E-state index in [1.165, 1.54) is 12.8 Å². The SMILES string of the molecule is C.CC1(C)CCC(=O)NC1.CC1(C)CCC(N)=NC1.CC1(C)CCc2nc(C=O)cn2C1.CC1(C)CCc2ncc(C=O)n2C1.COC1=NCC(C)(C)CC1.Cl.O=C/C(Br)=C\O. The van der Waals surface area contributed by atoms with Crippen molar-refractivity contribution in [2.75, 3.05) is 26.7 Å². The molecule has 1 fully saturated rings. The number of nitrogens with one attached hydrogen (secondary N) is 1. The molecule has 62 heavy (non-hydrogen) atoms. The summed E-state index contributed by atoms with van der Waals surface area (Å²) in [7, 11) is 1.69. The van der Waals surface area contributed by atoms with Crippen LogP contribution in [0.5, 0.6) is 0 Å². The number of carbonyl (C=O) groups is 4. The van der Waals surface area contributed by atoms with Gasteiger partial charge in [0.2, 0.25) is 5.91 Å². The van der Waals surface area contributed by atoms with E-state index in [1.807, 2.05) is 10.8 Å². The lowest BCUT2D eigenvalue weighted by molar-refractivity contribution is -0.123. The smallest absolute Gasteiger partial charge is 0.220 e. The second-order valence-corrected chi connectivity index (χ2v) is 21.0. The number of hydrogen-bond donors (Lipinski definition) is 3. The van der Waals surface area contributed by atoms with Crippen LogP contribution in [0.25, 0.3) is 0 Å². The summed E-state index contributed by atoms with van der Waals surface area (Å²) in [6, 6.07) is 0. The summed E-state index contributed by atoms with van der Waals surface area (Å²) in [4.78, 5) is 58.2. The highest BCUT2D eigenvalue weighted by atomic mass is 79.9. The molecule has 5 aliphatic rings. The molecule has 0 radical (unpaired) electrons. The van der Waals surface area contributed by atoms with Crippen molar-refractivity contribution >= 4 is 64.8 Å². The molecule has 5 aliphatic heterocycles. The number of hydrogen-bond acceptors (Lipinski definition) is 11. The average Bonchev–Trinajstić information content (AvgIpc) is 3.80. The lowest BCUT2D eigenvalue weighted by Gasteiger charge is -2.30. The van der Waals surface area contributed by atoms with Gasteiger partial charge in [-0.05, 0) is 75.1 Å². The predicted molar refractivity (Wildman–Crippen MR) is 257 cm³/mol. The lowest BCUT2D eigenvalue weighted by Crippen LogP contribution is -2.39. The van der Waals surface area contributed by atoms with E-state index in [0.29, 0.717) is 57.4 Å². The van der Waals surface area contributed by atoms with Gasteiger partial charge in [0.1, 0.15) is 23.0 Å². The number of aryl methyl sites for hydroxylation is 2. The van der Waals surface area contributed by atoms with Crippen molar-refractivity contribution in [1.29, 1.82) is 0 Å². The molecule has 7 rings (SSSR count). The van der Waals surface area contributed by atoms with Crippen LogP contribution in [-0.2, 0) is 40.3 Å². The fourth-order valence-corrected chi connectivity index (χ4v) is 6.73. The second kappa shape index (κ2) is 26.1. The van der Waals surface area contributed by atoms with E-state index in [1.54, 1.807) is 13.3 Å². The minimum absolute atomic E-state index is 0. The number of nitrogens with two attached hydrogens (primary N) is 1. The lowest BCUT2D eigenvalue weighted by atomic mass is 9.85.